The number of piperazine rings is 1. The highest BCUT2D eigenvalue weighted by Crippen LogP contribution is 2.36. The molecular formula is C19H22F3N3O. The fourth-order valence-electron chi connectivity index (χ4n) is 3.40. The molecule has 1 N–H and O–H groups in total. The van der Waals surface area contributed by atoms with Crippen LogP contribution in [0.4, 0.5) is 19.0 Å². The molecule has 1 atom stereocenters. The third-order valence-corrected chi connectivity index (χ3v) is 4.69. The van der Waals surface area contributed by atoms with Crippen LogP contribution in [0.5, 0.6) is 0 Å². The fraction of sp³-hybridized carbons (Fsp3) is 0.421. The lowest BCUT2D eigenvalue weighted by Gasteiger charge is -2.42. The molecule has 1 aliphatic heterocycles. The minimum Gasteiger partial charge on any atom is -0.396 e. The Balaban J connectivity index is 1.78. The number of alkyl halides is 3. The smallest absolute Gasteiger partial charge is 0.396 e. The van der Waals surface area contributed by atoms with E-state index < -0.39 is 11.7 Å². The van der Waals surface area contributed by atoms with Crippen molar-refractivity contribution in [3.8, 4) is 0 Å². The number of hydrogen-bond donors (Lipinski definition) is 1. The molecule has 1 saturated heterocycles. The highest BCUT2D eigenvalue weighted by atomic mass is 19.4. The van der Waals surface area contributed by atoms with Crippen LogP contribution >= 0.6 is 0 Å². The van der Waals surface area contributed by atoms with Crippen LogP contribution in [0.2, 0.25) is 0 Å². The normalized spacial score (nSPS) is 18.9. The summed E-state index contributed by atoms with van der Waals surface area (Å²) in [6.45, 7) is 2.21. The van der Waals surface area contributed by atoms with Crippen LogP contribution in [-0.4, -0.2) is 47.3 Å². The minimum absolute atomic E-state index is 0.00184. The molecule has 1 fully saturated rings. The Morgan fingerprint density at radius 2 is 1.85 bits per heavy atom. The van der Waals surface area contributed by atoms with Crippen LogP contribution in [0.25, 0.3) is 0 Å². The number of rotatable bonds is 5. The Kier molecular flexibility index (Phi) is 5.78. The molecule has 1 aliphatic rings. The van der Waals surface area contributed by atoms with Gasteiger partial charge < -0.3 is 10.0 Å². The predicted octanol–water partition coefficient (Wildman–Crippen LogP) is 3.17. The van der Waals surface area contributed by atoms with Gasteiger partial charge in [-0.15, -0.1) is 0 Å². The van der Waals surface area contributed by atoms with Crippen molar-refractivity contribution in [3.63, 3.8) is 0 Å². The summed E-state index contributed by atoms with van der Waals surface area (Å²) in [5, 5.41) is 9.40. The number of nitrogens with zero attached hydrogens (tertiary/aromatic N) is 3. The molecule has 2 heterocycles. The van der Waals surface area contributed by atoms with Crippen LogP contribution in [0.3, 0.4) is 0 Å². The van der Waals surface area contributed by atoms with Crippen molar-refractivity contribution in [2.24, 2.45) is 0 Å². The van der Waals surface area contributed by atoms with Crippen molar-refractivity contribution in [1.82, 2.24) is 9.88 Å². The molecule has 0 bridgehead atoms. The summed E-state index contributed by atoms with van der Waals surface area (Å²) in [5.74, 6) is -0.0256. The molecule has 140 valence electrons. The molecule has 7 heteroatoms. The van der Waals surface area contributed by atoms with E-state index in [4.69, 9.17) is 0 Å². The van der Waals surface area contributed by atoms with Crippen LogP contribution in [0.15, 0.2) is 48.7 Å². The van der Waals surface area contributed by atoms with E-state index >= 15 is 0 Å². The summed E-state index contributed by atoms with van der Waals surface area (Å²) in [5.41, 5.74) is 0.442. The SMILES string of the molecule is OCCC1CN(c2ncccc2C(F)(F)F)CCN1Cc1ccccc1. The average Bonchev–Trinajstić information content (AvgIpc) is 2.63. The van der Waals surface area contributed by atoms with Gasteiger partial charge in [-0.05, 0) is 24.1 Å². The van der Waals surface area contributed by atoms with Gasteiger partial charge in [-0.1, -0.05) is 30.3 Å². The van der Waals surface area contributed by atoms with Crippen molar-refractivity contribution >= 4 is 5.82 Å². The summed E-state index contributed by atoms with van der Waals surface area (Å²) in [4.78, 5) is 7.90. The second-order valence-corrected chi connectivity index (χ2v) is 6.44. The molecule has 0 amide bonds. The molecule has 1 aromatic heterocycles. The third kappa shape index (κ3) is 4.34. The Hall–Kier alpha value is -2.12. The largest absolute Gasteiger partial charge is 0.419 e. The zero-order valence-corrected chi connectivity index (χ0v) is 14.4. The van der Waals surface area contributed by atoms with Crippen LogP contribution in [0.1, 0.15) is 17.5 Å². The molecule has 1 unspecified atom stereocenters. The lowest BCUT2D eigenvalue weighted by Crippen LogP contribution is -2.53. The van der Waals surface area contributed by atoms with Gasteiger partial charge in [0.15, 0.2) is 0 Å². The number of pyridine rings is 1. The summed E-state index contributed by atoms with van der Waals surface area (Å²) < 4.78 is 39.9. The van der Waals surface area contributed by atoms with Gasteiger partial charge in [0.1, 0.15) is 5.82 Å². The maximum Gasteiger partial charge on any atom is 0.419 e. The van der Waals surface area contributed by atoms with Crippen LogP contribution in [0, 0.1) is 0 Å². The van der Waals surface area contributed by atoms with Crippen molar-refractivity contribution in [3.05, 3.63) is 59.8 Å². The number of anilines is 1. The highest BCUT2D eigenvalue weighted by Gasteiger charge is 2.37. The monoisotopic (exact) mass is 365 g/mol. The molecule has 0 saturated carbocycles. The number of aliphatic hydroxyl groups excluding tert-OH is 1. The van der Waals surface area contributed by atoms with Gasteiger partial charge in [0.05, 0.1) is 5.56 Å². The maximum atomic E-state index is 13.3. The first kappa shape index (κ1) is 18.7. The topological polar surface area (TPSA) is 39.6 Å². The summed E-state index contributed by atoms with van der Waals surface area (Å²) in [6, 6.07) is 12.3. The number of halogens is 3. The second-order valence-electron chi connectivity index (χ2n) is 6.44. The van der Waals surface area contributed by atoms with Gasteiger partial charge in [0, 0.05) is 45.0 Å². The number of aliphatic hydroxyl groups is 1. The van der Waals surface area contributed by atoms with Crippen molar-refractivity contribution in [2.45, 2.75) is 25.2 Å². The van der Waals surface area contributed by atoms with Gasteiger partial charge >= 0.3 is 6.18 Å². The van der Waals surface area contributed by atoms with E-state index in [1.165, 1.54) is 12.3 Å². The molecule has 0 spiro atoms. The average molecular weight is 365 g/mol. The van der Waals surface area contributed by atoms with E-state index in [9.17, 15) is 18.3 Å². The summed E-state index contributed by atoms with van der Waals surface area (Å²) >= 11 is 0. The first-order valence-corrected chi connectivity index (χ1v) is 8.65. The van der Waals surface area contributed by atoms with Crippen molar-refractivity contribution in [2.75, 3.05) is 31.1 Å². The summed E-state index contributed by atoms with van der Waals surface area (Å²) in [7, 11) is 0. The lowest BCUT2D eigenvalue weighted by atomic mass is 10.1. The molecule has 4 nitrogen and oxygen atoms in total. The van der Waals surface area contributed by atoms with Crippen LogP contribution in [-0.2, 0) is 12.7 Å². The Labute approximate surface area is 150 Å². The third-order valence-electron chi connectivity index (χ3n) is 4.69. The van der Waals surface area contributed by atoms with Gasteiger partial charge in [-0.25, -0.2) is 4.98 Å². The van der Waals surface area contributed by atoms with E-state index in [0.717, 1.165) is 11.6 Å². The van der Waals surface area contributed by atoms with E-state index in [1.807, 2.05) is 30.3 Å². The Morgan fingerprint density at radius 3 is 2.54 bits per heavy atom. The Morgan fingerprint density at radius 1 is 1.08 bits per heavy atom. The number of aromatic nitrogens is 1. The van der Waals surface area contributed by atoms with Gasteiger partial charge in [0.25, 0.3) is 0 Å². The quantitative estimate of drug-likeness (QED) is 0.884. The second kappa shape index (κ2) is 8.05. The molecule has 1 aromatic carbocycles. The zero-order chi connectivity index (χ0) is 18.6. The van der Waals surface area contributed by atoms with Crippen molar-refractivity contribution < 1.29 is 18.3 Å². The number of benzene rings is 1. The minimum atomic E-state index is -4.43. The first-order valence-electron chi connectivity index (χ1n) is 8.65. The van der Waals surface area contributed by atoms with Gasteiger partial charge in [-0.2, -0.15) is 13.2 Å². The van der Waals surface area contributed by atoms with E-state index in [1.54, 1.807) is 4.90 Å². The molecule has 0 radical (unpaired) electrons. The van der Waals surface area contributed by atoms with E-state index in [-0.39, 0.29) is 18.5 Å². The molecule has 3 rings (SSSR count). The molecule has 0 aliphatic carbocycles. The van der Waals surface area contributed by atoms with Gasteiger partial charge in [-0.3, -0.25) is 4.90 Å². The molecule has 26 heavy (non-hydrogen) atoms. The highest BCUT2D eigenvalue weighted by molar-refractivity contribution is 5.49. The standard InChI is InChI=1S/C19H22F3N3O/c20-19(21,22)17-7-4-9-23-18(17)25-11-10-24(16(14-25)8-12-26)13-15-5-2-1-3-6-15/h1-7,9,16,26H,8,10-14H2. The molecular weight excluding hydrogens is 343 g/mol. The predicted molar refractivity (Wildman–Crippen MR) is 93.8 cm³/mol. The summed E-state index contributed by atoms with van der Waals surface area (Å²) in [6.07, 6.45) is -2.53. The lowest BCUT2D eigenvalue weighted by molar-refractivity contribution is -0.137. The van der Waals surface area contributed by atoms with Gasteiger partial charge in [0.2, 0.25) is 0 Å². The maximum absolute atomic E-state index is 13.3. The first-order chi connectivity index (χ1) is 12.5. The molecule has 2 aromatic rings. The van der Waals surface area contributed by atoms with E-state index in [2.05, 4.69) is 9.88 Å². The van der Waals surface area contributed by atoms with Crippen LogP contribution < -0.4 is 4.90 Å². The Bertz CT molecular complexity index is 709. The van der Waals surface area contributed by atoms with E-state index in [0.29, 0.717) is 32.6 Å². The fourth-order valence-corrected chi connectivity index (χ4v) is 3.40. The zero-order valence-electron chi connectivity index (χ0n) is 14.4. The van der Waals surface area contributed by atoms with Crippen molar-refractivity contribution in [1.29, 1.82) is 0 Å². The number of hydrogen-bond acceptors (Lipinski definition) is 4.